The Hall–Kier alpha value is -2.15. The van der Waals surface area contributed by atoms with Crippen molar-refractivity contribution in [2.75, 3.05) is 0 Å². The molecule has 0 saturated heterocycles. The number of fused-ring (bicyclic) bond motifs is 1. The van der Waals surface area contributed by atoms with Gasteiger partial charge in [-0.3, -0.25) is 0 Å². The highest BCUT2D eigenvalue weighted by molar-refractivity contribution is 5.94. The van der Waals surface area contributed by atoms with Crippen LogP contribution in [0.3, 0.4) is 0 Å². The molecule has 0 bridgehead atoms. The van der Waals surface area contributed by atoms with Crippen molar-refractivity contribution in [3.8, 4) is 11.3 Å². The lowest BCUT2D eigenvalue weighted by molar-refractivity contribution is -0.659. The molecule has 0 amide bonds. The van der Waals surface area contributed by atoms with Gasteiger partial charge in [0.15, 0.2) is 6.17 Å². The molecule has 24 heavy (non-hydrogen) atoms. The summed E-state index contributed by atoms with van der Waals surface area (Å²) in [6.07, 6.45) is 0.534. The first-order valence-corrected chi connectivity index (χ1v) is 8.61. The SMILES string of the molecule is [2H]c1cc2cc(C)ccc2c(-c2cc(C(C)(C)C)cc(C)c2C)[n+]1C. The average Bonchev–Trinajstić information content (AvgIpc) is 2.51. The molecule has 2 aromatic carbocycles. The lowest BCUT2D eigenvalue weighted by Crippen LogP contribution is -2.31. The number of aryl methyl sites for hydroxylation is 2. The van der Waals surface area contributed by atoms with Gasteiger partial charge in [-0.15, -0.1) is 0 Å². The van der Waals surface area contributed by atoms with E-state index in [0.717, 1.165) is 11.1 Å². The molecule has 0 radical (unpaired) electrons. The van der Waals surface area contributed by atoms with Gasteiger partial charge in [0.25, 0.3) is 0 Å². The number of pyridine rings is 1. The molecule has 1 aromatic heterocycles. The first-order valence-electron chi connectivity index (χ1n) is 9.11. The third kappa shape index (κ3) is 2.84. The molecule has 1 nitrogen and oxygen atoms in total. The molecule has 1 heteroatoms. The fourth-order valence-corrected chi connectivity index (χ4v) is 3.29. The number of nitrogens with zero attached hydrogens (tertiary/aromatic N) is 1. The van der Waals surface area contributed by atoms with Gasteiger partial charge in [0.05, 0.1) is 10.9 Å². The molecule has 0 spiro atoms. The normalized spacial score (nSPS) is 12.5. The Bertz CT molecular complexity index is 978. The summed E-state index contributed by atoms with van der Waals surface area (Å²) in [7, 11) is 2.00. The molecule has 0 atom stereocenters. The molecule has 0 N–H and O–H groups in total. The standard InChI is InChI=1S/C23H28N/c1-15-8-9-20-18(12-15)10-11-24(7)22(20)21-14-19(23(4,5)6)13-16(2)17(21)3/h8-14H,1-7H3/q+1/i11D. The first kappa shape index (κ1) is 15.4. The van der Waals surface area contributed by atoms with Gasteiger partial charge in [0.1, 0.15) is 8.42 Å². The highest BCUT2D eigenvalue weighted by Gasteiger charge is 2.22. The summed E-state index contributed by atoms with van der Waals surface area (Å²) >= 11 is 0. The minimum absolute atomic E-state index is 0.0940. The summed E-state index contributed by atoms with van der Waals surface area (Å²) < 4.78 is 10.4. The van der Waals surface area contributed by atoms with Crippen LogP contribution >= 0.6 is 0 Å². The van der Waals surface area contributed by atoms with Crippen molar-refractivity contribution in [1.29, 1.82) is 0 Å². The zero-order chi connectivity index (χ0) is 18.5. The van der Waals surface area contributed by atoms with E-state index in [1.54, 1.807) is 0 Å². The van der Waals surface area contributed by atoms with Crippen LogP contribution < -0.4 is 4.57 Å². The summed E-state index contributed by atoms with van der Waals surface area (Å²) in [4.78, 5) is 0. The van der Waals surface area contributed by atoms with Crippen LogP contribution in [0.4, 0.5) is 0 Å². The van der Waals surface area contributed by atoms with E-state index in [1.807, 2.05) is 17.7 Å². The van der Waals surface area contributed by atoms with E-state index in [2.05, 4.69) is 71.9 Å². The topological polar surface area (TPSA) is 3.88 Å². The van der Waals surface area contributed by atoms with Gasteiger partial charge in [-0.25, -0.2) is 4.57 Å². The van der Waals surface area contributed by atoms with Crippen molar-refractivity contribution in [3.63, 3.8) is 0 Å². The summed E-state index contributed by atoms with van der Waals surface area (Å²) in [6, 6.07) is 13.1. The number of benzene rings is 2. The highest BCUT2D eigenvalue weighted by atomic mass is 14.9. The van der Waals surface area contributed by atoms with Gasteiger partial charge in [0.2, 0.25) is 5.69 Å². The molecule has 0 fully saturated rings. The van der Waals surface area contributed by atoms with E-state index in [1.165, 1.54) is 33.2 Å². The number of hydrogen-bond acceptors (Lipinski definition) is 0. The largest absolute Gasteiger partial charge is 0.220 e. The van der Waals surface area contributed by atoms with Crippen molar-refractivity contribution in [2.45, 2.75) is 47.0 Å². The van der Waals surface area contributed by atoms with Crippen LogP contribution in [-0.2, 0) is 12.5 Å². The van der Waals surface area contributed by atoms with Crippen molar-refractivity contribution in [3.05, 3.63) is 64.8 Å². The number of aromatic nitrogens is 1. The lowest BCUT2D eigenvalue weighted by Gasteiger charge is -2.22. The van der Waals surface area contributed by atoms with E-state index < -0.39 is 0 Å². The number of rotatable bonds is 1. The van der Waals surface area contributed by atoms with Gasteiger partial charge in [-0.05, 0) is 60.4 Å². The molecule has 0 aliphatic carbocycles. The molecule has 0 unspecified atom stereocenters. The monoisotopic (exact) mass is 319 g/mol. The Balaban J connectivity index is 2.44. The minimum atomic E-state index is 0.0940. The van der Waals surface area contributed by atoms with Gasteiger partial charge in [-0.1, -0.05) is 44.5 Å². The smallest absolute Gasteiger partial charge is 0.200 e. The number of hydrogen-bond donors (Lipinski definition) is 0. The first-order chi connectivity index (χ1) is 11.6. The average molecular weight is 319 g/mol. The summed E-state index contributed by atoms with van der Waals surface area (Å²) in [5.74, 6) is 0. The van der Waals surface area contributed by atoms with Crippen LogP contribution in [0.2, 0.25) is 0 Å². The molecule has 0 saturated carbocycles. The van der Waals surface area contributed by atoms with E-state index >= 15 is 0 Å². The predicted octanol–water partition coefficient (Wildman–Crippen LogP) is 5.55. The quantitative estimate of drug-likeness (QED) is 0.517. The Morgan fingerprint density at radius 1 is 0.958 bits per heavy atom. The van der Waals surface area contributed by atoms with Crippen molar-refractivity contribution in [2.24, 2.45) is 7.05 Å². The fourth-order valence-electron chi connectivity index (χ4n) is 3.29. The molecule has 0 aliphatic rings. The Morgan fingerprint density at radius 3 is 2.33 bits per heavy atom. The van der Waals surface area contributed by atoms with Crippen LogP contribution in [0, 0.1) is 20.8 Å². The van der Waals surface area contributed by atoms with Crippen molar-refractivity contribution >= 4 is 10.8 Å². The second-order valence-corrected chi connectivity index (χ2v) is 7.99. The van der Waals surface area contributed by atoms with Gasteiger partial charge in [0, 0.05) is 6.07 Å². The van der Waals surface area contributed by atoms with Crippen LogP contribution in [0.5, 0.6) is 0 Å². The Morgan fingerprint density at radius 2 is 1.67 bits per heavy atom. The van der Waals surface area contributed by atoms with Crippen molar-refractivity contribution in [1.82, 2.24) is 0 Å². The van der Waals surface area contributed by atoms with Gasteiger partial charge in [-0.2, -0.15) is 0 Å². The van der Waals surface area contributed by atoms with Crippen LogP contribution in [-0.4, -0.2) is 0 Å². The minimum Gasteiger partial charge on any atom is -0.200 e. The van der Waals surface area contributed by atoms with Crippen molar-refractivity contribution < 1.29 is 5.94 Å². The van der Waals surface area contributed by atoms with Gasteiger partial charge >= 0.3 is 0 Å². The Kier molecular flexibility index (Phi) is 3.68. The van der Waals surface area contributed by atoms with E-state index in [9.17, 15) is 0 Å². The third-order valence-electron chi connectivity index (χ3n) is 5.00. The fraction of sp³-hybridized carbons (Fsp3) is 0.348. The molecule has 1 heterocycles. The molecule has 0 aliphatic heterocycles. The zero-order valence-electron chi connectivity index (χ0n) is 16.9. The molecular weight excluding hydrogens is 290 g/mol. The van der Waals surface area contributed by atoms with E-state index in [0.29, 0.717) is 6.17 Å². The summed E-state index contributed by atoms with van der Waals surface area (Å²) in [5, 5.41) is 2.34. The van der Waals surface area contributed by atoms with Crippen LogP contribution in [0.25, 0.3) is 22.0 Å². The van der Waals surface area contributed by atoms with E-state index in [-0.39, 0.29) is 5.41 Å². The summed E-state index contributed by atoms with van der Waals surface area (Å²) in [5.41, 5.74) is 7.61. The molecule has 124 valence electrons. The van der Waals surface area contributed by atoms with Crippen LogP contribution in [0.15, 0.2) is 42.6 Å². The molecular formula is C23H28N+. The van der Waals surface area contributed by atoms with E-state index in [4.69, 9.17) is 1.37 Å². The maximum Gasteiger partial charge on any atom is 0.220 e. The maximum absolute atomic E-state index is 8.43. The predicted molar refractivity (Wildman–Crippen MR) is 103 cm³/mol. The lowest BCUT2D eigenvalue weighted by atomic mass is 9.83. The Labute approximate surface area is 147 Å². The van der Waals surface area contributed by atoms with Crippen LogP contribution in [0.1, 0.15) is 44.4 Å². The highest BCUT2D eigenvalue weighted by Crippen LogP contribution is 2.34. The third-order valence-corrected chi connectivity index (χ3v) is 5.00. The second-order valence-electron chi connectivity index (χ2n) is 7.99. The molecule has 3 rings (SSSR count). The molecule has 3 aromatic rings. The zero-order valence-corrected chi connectivity index (χ0v) is 15.9. The second kappa shape index (κ2) is 5.73. The maximum atomic E-state index is 8.43. The van der Waals surface area contributed by atoms with Gasteiger partial charge < -0.3 is 0 Å². The summed E-state index contributed by atoms with van der Waals surface area (Å²) in [6.45, 7) is 13.2.